The molecule has 3 rings (SSSR count). The fourth-order valence-electron chi connectivity index (χ4n) is 2.70. The molecule has 1 aliphatic heterocycles. The van der Waals surface area contributed by atoms with Gasteiger partial charge in [-0.15, -0.1) is 0 Å². The van der Waals surface area contributed by atoms with Gasteiger partial charge in [0.1, 0.15) is 11.2 Å². The number of nitrogens with zero attached hydrogens (tertiary/aromatic N) is 2. The molecule has 10 heteroatoms. The zero-order valence-corrected chi connectivity index (χ0v) is 17.4. The van der Waals surface area contributed by atoms with Gasteiger partial charge in [0.15, 0.2) is 5.84 Å². The first-order chi connectivity index (χ1) is 14.2. The number of carbonyl (C=O) groups excluding carboxylic acids is 3. The summed E-state index contributed by atoms with van der Waals surface area (Å²) in [6.07, 6.45) is 1.49. The molecule has 0 fully saturated rings. The van der Waals surface area contributed by atoms with E-state index in [1.807, 2.05) is 13.8 Å². The van der Waals surface area contributed by atoms with Crippen LogP contribution in [0.4, 0.5) is 10.5 Å². The maximum atomic E-state index is 12.6. The van der Waals surface area contributed by atoms with E-state index in [-0.39, 0.29) is 28.9 Å². The predicted octanol–water partition coefficient (Wildman–Crippen LogP) is 2.49. The van der Waals surface area contributed by atoms with Crippen LogP contribution in [0.2, 0.25) is 5.02 Å². The van der Waals surface area contributed by atoms with Crippen LogP contribution < -0.4 is 21.5 Å². The van der Waals surface area contributed by atoms with Gasteiger partial charge in [-0.2, -0.15) is 0 Å². The third-order valence-corrected chi connectivity index (χ3v) is 5.08. The molecule has 1 aromatic carbocycles. The molecular formula is C20H21ClN6O3. The predicted molar refractivity (Wildman–Crippen MR) is 113 cm³/mol. The van der Waals surface area contributed by atoms with Gasteiger partial charge in [-0.05, 0) is 49.2 Å². The van der Waals surface area contributed by atoms with Crippen LogP contribution in [-0.4, -0.2) is 34.2 Å². The van der Waals surface area contributed by atoms with Crippen molar-refractivity contribution in [2.45, 2.75) is 26.3 Å². The second-order valence-electron chi connectivity index (χ2n) is 7.16. The fraction of sp³-hybridized carbons (Fsp3) is 0.250. The van der Waals surface area contributed by atoms with E-state index >= 15 is 0 Å². The van der Waals surface area contributed by atoms with E-state index < -0.39 is 17.5 Å². The van der Waals surface area contributed by atoms with Crippen LogP contribution in [0.25, 0.3) is 0 Å². The Balaban J connectivity index is 1.71. The molecule has 1 aliphatic rings. The lowest BCUT2D eigenvalue weighted by molar-refractivity contribution is -0.124. The number of amidine groups is 1. The average molecular weight is 429 g/mol. The number of rotatable bonds is 4. The highest BCUT2D eigenvalue weighted by Gasteiger charge is 2.42. The molecule has 0 aliphatic carbocycles. The molecule has 4 amide bonds. The summed E-state index contributed by atoms with van der Waals surface area (Å²) < 4.78 is 0. The van der Waals surface area contributed by atoms with Gasteiger partial charge in [-0.3, -0.25) is 20.0 Å². The Bertz CT molecular complexity index is 1020. The number of urea groups is 1. The highest BCUT2D eigenvalue weighted by atomic mass is 35.5. The molecule has 0 saturated carbocycles. The minimum atomic E-state index is -0.947. The number of aliphatic imine (C=N–C) groups is 1. The number of pyridine rings is 1. The SMILES string of the molecule is CC(C)C1(C)N=C(c2ncccc2C(=O)NNC(=O)Nc2ccc(Cl)cc2)NC1=O. The van der Waals surface area contributed by atoms with Crippen molar-refractivity contribution < 1.29 is 14.4 Å². The lowest BCUT2D eigenvalue weighted by atomic mass is 9.89. The molecule has 1 aromatic heterocycles. The zero-order valence-electron chi connectivity index (χ0n) is 16.6. The summed E-state index contributed by atoms with van der Waals surface area (Å²) in [5.41, 5.74) is 4.50. The number of aromatic nitrogens is 1. The van der Waals surface area contributed by atoms with Crippen molar-refractivity contribution in [3.05, 3.63) is 58.9 Å². The molecule has 0 bridgehead atoms. The number of nitrogens with one attached hydrogen (secondary N) is 4. The third kappa shape index (κ3) is 4.41. The minimum absolute atomic E-state index is 0.0470. The second kappa shape index (κ2) is 8.50. The molecule has 1 unspecified atom stereocenters. The Morgan fingerprint density at radius 3 is 2.47 bits per heavy atom. The van der Waals surface area contributed by atoms with Gasteiger partial charge >= 0.3 is 6.03 Å². The quantitative estimate of drug-likeness (QED) is 0.558. The Morgan fingerprint density at radius 2 is 1.83 bits per heavy atom. The molecule has 0 saturated heterocycles. The Morgan fingerprint density at radius 1 is 1.13 bits per heavy atom. The molecule has 1 atom stereocenters. The highest BCUT2D eigenvalue weighted by molar-refractivity contribution is 6.30. The highest BCUT2D eigenvalue weighted by Crippen LogP contribution is 2.27. The summed E-state index contributed by atoms with van der Waals surface area (Å²) in [6.45, 7) is 5.51. The number of amides is 4. The maximum Gasteiger partial charge on any atom is 0.337 e. The van der Waals surface area contributed by atoms with E-state index in [1.54, 1.807) is 37.3 Å². The van der Waals surface area contributed by atoms with Crippen LogP contribution >= 0.6 is 11.6 Å². The molecule has 156 valence electrons. The summed E-state index contributed by atoms with van der Waals surface area (Å²) in [6, 6.07) is 8.94. The smallest absolute Gasteiger partial charge is 0.307 e. The minimum Gasteiger partial charge on any atom is -0.307 e. The molecule has 4 N–H and O–H groups in total. The van der Waals surface area contributed by atoms with Crippen molar-refractivity contribution in [1.29, 1.82) is 0 Å². The van der Waals surface area contributed by atoms with Gasteiger partial charge in [0.2, 0.25) is 0 Å². The van der Waals surface area contributed by atoms with Crippen molar-refractivity contribution in [3.63, 3.8) is 0 Å². The molecule has 2 aromatic rings. The normalized spacial score (nSPS) is 17.9. The van der Waals surface area contributed by atoms with Gasteiger partial charge in [0.05, 0.1) is 5.56 Å². The van der Waals surface area contributed by atoms with Crippen LogP contribution in [0, 0.1) is 5.92 Å². The number of hydrogen-bond donors (Lipinski definition) is 4. The topological polar surface area (TPSA) is 125 Å². The number of anilines is 1. The summed E-state index contributed by atoms with van der Waals surface area (Å²) in [5, 5.41) is 5.79. The van der Waals surface area contributed by atoms with Crippen LogP contribution in [0.5, 0.6) is 0 Å². The summed E-state index contributed by atoms with van der Waals surface area (Å²) >= 11 is 5.80. The second-order valence-corrected chi connectivity index (χ2v) is 7.59. The van der Waals surface area contributed by atoms with Crippen molar-refractivity contribution in [1.82, 2.24) is 21.2 Å². The first-order valence-corrected chi connectivity index (χ1v) is 9.58. The van der Waals surface area contributed by atoms with E-state index in [4.69, 9.17) is 11.6 Å². The first-order valence-electron chi connectivity index (χ1n) is 9.20. The lowest BCUT2D eigenvalue weighted by Crippen LogP contribution is -2.44. The zero-order chi connectivity index (χ0) is 21.9. The van der Waals surface area contributed by atoms with Crippen LogP contribution in [0.15, 0.2) is 47.6 Å². The van der Waals surface area contributed by atoms with E-state index in [0.717, 1.165) is 0 Å². The van der Waals surface area contributed by atoms with Crippen molar-refractivity contribution in [2.24, 2.45) is 10.9 Å². The molecule has 30 heavy (non-hydrogen) atoms. The van der Waals surface area contributed by atoms with Crippen LogP contribution in [0.1, 0.15) is 36.8 Å². The molecule has 0 spiro atoms. The fourth-order valence-corrected chi connectivity index (χ4v) is 2.83. The van der Waals surface area contributed by atoms with E-state index in [1.165, 1.54) is 12.3 Å². The number of hydrogen-bond acceptors (Lipinski definition) is 5. The third-order valence-electron chi connectivity index (χ3n) is 4.83. The Kier molecular flexibility index (Phi) is 6.02. The van der Waals surface area contributed by atoms with Gasteiger partial charge < -0.3 is 10.6 Å². The Labute approximate surface area is 178 Å². The molecule has 0 radical (unpaired) electrons. The van der Waals surface area contributed by atoms with Crippen LogP contribution in [0.3, 0.4) is 0 Å². The van der Waals surface area contributed by atoms with Gasteiger partial charge in [-0.1, -0.05) is 25.4 Å². The summed E-state index contributed by atoms with van der Waals surface area (Å²) in [5.74, 6) is -0.703. The van der Waals surface area contributed by atoms with E-state index in [2.05, 4.69) is 31.5 Å². The van der Waals surface area contributed by atoms with Crippen LogP contribution in [-0.2, 0) is 4.79 Å². The number of hydrazine groups is 1. The lowest BCUT2D eigenvalue weighted by Gasteiger charge is -2.21. The summed E-state index contributed by atoms with van der Waals surface area (Å²) in [7, 11) is 0. The number of carbonyl (C=O) groups is 3. The van der Waals surface area contributed by atoms with E-state index in [9.17, 15) is 14.4 Å². The summed E-state index contributed by atoms with van der Waals surface area (Å²) in [4.78, 5) is 45.7. The average Bonchev–Trinajstić information content (AvgIpc) is 3.04. The maximum absolute atomic E-state index is 12.6. The van der Waals surface area contributed by atoms with Crippen molar-refractivity contribution >= 4 is 41.0 Å². The van der Waals surface area contributed by atoms with Crippen molar-refractivity contribution in [2.75, 3.05) is 5.32 Å². The largest absolute Gasteiger partial charge is 0.337 e. The monoisotopic (exact) mass is 428 g/mol. The number of halogens is 1. The standard InChI is InChI=1S/C20H21ClN6O3/c1-11(2)20(3)18(29)24-16(25-20)15-14(5-4-10-22-15)17(28)26-27-19(30)23-13-8-6-12(21)7-9-13/h4-11H,1-3H3,(H,26,28)(H2,23,27,30)(H,24,25,29). The number of benzene rings is 1. The first kappa shape index (κ1) is 21.3. The Hall–Kier alpha value is -3.46. The van der Waals surface area contributed by atoms with Crippen molar-refractivity contribution in [3.8, 4) is 0 Å². The van der Waals surface area contributed by atoms with E-state index in [0.29, 0.717) is 10.7 Å². The van der Waals surface area contributed by atoms with Gasteiger partial charge in [-0.25, -0.2) is 15.2 Å². The molecular weight excluding hydrogens is 408 g/mol. The van der Waals surface area contributed by atoms with Gasteiger partial charge in [0, 0.05) is 16.9 Å². The molecule has 2 heterocycles. The molecule has 9 nitrogen and oxygen atoms in total. The van der Waals surface area contributed by atoms with Gasteiger partial charge in [0.25, 0.3) is 11.8 Å².